The van der Waals surface area contributed by atoms with Gasteiger partial charge in [-0.1, -0.05) is 205 Å². The average molecular weight is 746 g/mol. The Morgan fingerprint density at radius 2 is 1.02 bits per heavy atom. The minimum absolute atomic E-state index is 0.0750. The van der Waals surface area contributed by atoms with Crippen molar-refractivity contribution >= 4 is 11.9 Å². The number of unbranched alkanes of at least 4 members (excludes halogenated alkanes) is 24. The molecule has 1 amide bonds. The second kappa shape index (κ2) is 41.2. The number of aliphatic hydroxyl groups excluding tert-OH is 2. The van der Waals surface area contributed by atoms with Crippen LogP contribution >= 0.6 is 0 Å². The van der Waals surface area contributed by atoms with Gasteiger partial charge in [-0.2, -0.15) is 0 Å². The minimum atomic E-state index is -0.784. The zero-order valence-corrected chi connectivity index (χ0v) is 35.1. The van der Waals surface area contributed by atoms with E-state index in [9.17, 15) is 19.8 Å². The first-order valence-corrected chi connectivity index (χ1v) is 22.7. The van der Waals surface area contributed by atoms with Crippen molar-refractivity contribution in [1.29, 1.82) is 0 Å². The quantitative estimate of drug-likeness (QED) is 0.0330. The fraction of sp³-hybridized carbons (Fsp3) is 0.830. The third-order valence-electron chi connectivity index (χ3n) is 10.3. The normalized spacial score (nSPS) is 13.7. The SMILES string of the molecule is CC/C=C/C=C/C=C/CCCCCCCCCC(=O)OC(CCCCCCCCCCC)CC(=O)NC(CO)C(O)CCCCCCCCCCCC. The number of rotatable bonds is 40. The average Bonchev–Trinajstić information content (AvgIpc) is 3.15. The molecule has 53 heavy (non-hydrogen) atoms. The van der Waals surface area contributed by atoms with Crippen LogP contribution in [0.25, 0.3) is 0 Å². The van der Waals surface area contributed by atoms with Crippen LogP contribution in [0.15, 0.2) is 36.5 Å². The van der Waals surface area contributed by atoms with Crippen LogP contribution in [0.3, 0.4) is 0 Å². The molecule has 3 N–H and O–H groups in total. The summed E-state index contributed by atoms with van der Waals surface area (Å²) in [5.74, 6) is -0.486. The fourth-order valence-electron chi connectivity index (χ4n) is 6.84. The van der Waals surface area contributed by atoms with E-state index < -0.39 is 18.2 Å². The smallest absolute Gasteiger partial charge is 0.306 e. The van der Waals surface area contributed by atoms with Crippen molar-refractivity contribution in [2.75, 3.05) is 6.61 Å². The van der Waals surface area contributed by atoms with Crippen molar-refractivity contribution in [2.45, 2.75) is 244 Å². The summed E-state index contributed by atoms with van der Waals surface area (Å²) in [5.41, 5.74) is 0. The first-order chi connectivity index (χ1) is 26.0. The molecule has 6 nitrogen and oxygen atoms in total. The van der Waals surface area contributed by atoms with E-state index in [1.807, 2.05) is 0 Å². The van der Waals surface area contributed by atoms with Crippen molar-refractivity contribution < 1.29 is 24.5 Å². The summed E-state index contributed by atoms with van der Waals surface area (Å²) in [4.78, 5) is 25.9. The first kappa shape index (κ1) is 51.1. The van der Waals surface area contributed by atoms with Gasteiger partial charge in [0.1, 0.15) is 6.10 Å². The number of carbonyl (C=O) groups is 2. The van der Waals surface area contributed by atoms with Gasteiger partial charge >= 0.3 is 5.97 Å². The van der Waals surface area contributed by atoms with E-state index in [4.69, 9.17) is 4.74 Å². The number of hydrogen-bond donors (Lipinski definition) is 3. The minimum Gasteiger partial charge on any atom is -0.462 e. The monoisotopic (exact) mass is 746 g/mol. The van der Waals surface area contributed by atoms with Crippen LogP contribution in [0.4, 0.5) is 0 Å². The van der Waals surface area contributed by atoms with E-state index in [2.05, 4.69) is 62.5 Å². The fourth-order valence-corrected chi connectivity index (χ4v) is 6.84. The van der Waals surface area contributed by atoms with Gasteiger partial charge < -0.3 is 20.3 Å². The van der Waals surface area contributed by atoms with Crippen LogP contribution in [-0.4, -0.2) is 46.9 Å². The molecule has 0 aliphatic heterocycles. The number of ether oxygens (including phenoxy) is 1. The summed E-state index contributed by atoms with van der Waals surface area (Å²) < 4.78 is 5.89. The molecule has 0 aliphatic rings. The molecule has 310 valence electrons. The summed E-state index contributed by atoms with van der Waals surface area (Å²) >= 11 is 0. The molecule has 0 heterocycles. The second-order valence-electron chi connectivity index (χ2n) is 15.5. The summed E-state index contributed by atoms with van der Waals surface area (Å²) in [7, 11) is 0. The molecular weight excluding hydrogens is 659 g/mol. The number of allylic oxidation sites excluding steroid dienone is 6. The standard InChI is InChI=1S/C47H87NO5/c1-4-7-10-13-16-19-21-22-23-24-25-28-31-34-37-40-47(52)53-43(38-35-32-29-26-18-15-12-9-6-3)41-46(51)48-44(42-49)45(50)39-36-33-30-27-20-17-14-11-8-5-2/h7,10,13,16,19,21,43-45,49-50H,4-6,8-9,11-12,14-15,17-18,20,22-42H2,1-3H3,(H,48,51)/b10-7+,16-13+,21-19+. The Kier molecular flexibility index (Phi) is 39.8. The van der Waals surface area contributed by atoms with E-state index in [0.29, 0.717) is 19.3 Å². The lowest BCUT2D eigenvalue weighted by molar-refractivity contribution is -0.151. The number of esters is 1. The Bertz CT molecular complexity index is 884. The molecule has 0 aliphatic carbocycles. The molecule has 0 spiro atoms. The summed E-state index contributed by atoms with van der Waals surface area (Å²) in [6, 6.07) is -0.697. The second-order valence-corrected chi connectivity index (χ2v) is 15.5. The number of nitrogens with one attached hydrogen (secondary N) is 1. The highest BCUT2D eigenvalue weighted by Crippen LogP contribution is 2.18. The van der Waals surface area contributed by atoms with Crippen LogP contribution in [-0.2, 0) is 14.3 Å². The number of carbonyl (C=O) groups excluding carboxylic acids is 2. The highest BCUT2D eigenvalue weighted by Gasteiger charge is 2.24. The van der Waals surface area contributed by atoms with Gasteiger partial charge in [-0.25, -0.2) is 0 Å². The maximum atomic E-state index is 13.1. The van der Waals surface area contributed by atoms with Gasteiger partial charge in [0.25, 0.3) is 0 Å². The van der Waals surface area contributed by atoms with Gasteiger partial charge in [-0.3, -0.25) is 9.59 Å². The van der Waals surface area contributed by atoms with E-state index >= 15 is 0 Å². The topological polar surface area (TPSA) is 95.9 Å². The van der Waals surface area contributed by atoms with E-state index in [1.165, 1.54) is 116 Å². The van der Waals surface area contributed by atoms with Crippen LogP contribution in [0, 0.1) is 0 Å². The van der Waals surface area contributed by atoms with Gasteiger partial charge in [0.2, 0.25) is 5.91 Å². The lowest BCUT2D eigenvalue weighted by Gasteiger charge is -2.24. The van der Waals surface area contributed by atoms with E-state index in [1.54, 1.807) is 0 Å². The van der Waals surface area contributed by atoms with Crippen LogP contribution in [0.2, 0.25) is 0 Å². The van der Waals surface area contributed by atoms with Gasteiger partial charge in [0.15, 0.2) is 0 Å². The third kappa shape index (κ3) is 36.8. The van der Waals surface area contributed by atoms with Crippen molar-refractivity contribution in [3.05, 3.63) is 36.5 Å². The predicted octanol–water partition coefficient (Wildman–Crippen LogP) is 12.9. The Morgan fingerprint density at radius 1 is 0.566 bits per heavy atom. The van der Waals surface area contributed by atoms with Crippen molar-refractivity contribution in [2.24, 2.45) is 0 Å². The van der Waals surface area contributed by atoms with Gasteiger partial charge in [0.05, 0.1) is 25.2 Å². The molecule has 0 saturated heterocycles. The van der Waals surface area contributed by atoms with Crippen LogP contribution in [0.5, 0.6) is 0 Å². The van der Waals surface area contributed by atoms with Crippen molar-refractivity contribution in [1.82, 2.24) is 5.32 Å². The maximum Gasteiger partial charge on any atom is 0.306 e. The number of amides is 1. The predicted molar refractivity (Wildman–Crippen MR) is 227 cm³/mol. The Labute approximate surface area is 328 Å². The molecule has 0 saturated carbocycles. The van der Waals surface area contributed by atoms with Crippen LogP contribution < -0.4 is 5.32 Å². The van der Waals surface area contributed by atoms with Gasteiger partial charge in [-0.15, -0.1) is 0 Å². The first-order valence-electron chi connectivity index (χ1n) is 22.7. The molecule has 0 bridgehead atoms. The maximum absolute atomic E-state index is 13.1. The number of hydrogen-bond acceptors (Lipinski definition) is 5. The summed E-state index contributed by atoms with van der Waals surface area (Å²) in [6.45, 7) is 6.32. The molecule has 0 aromatic rings. The number of aliphatic hydroxyl groups is 2. The molecule has 0 fully saturated rings. The molecule has 0 aromatic carbocycles. The molecule has 3 atom stereocenters. The lowest BCUT2D eigenvalue weighted by Crippen LogP contribution is -2.46. The van der Waals surface area contributed by atoms with Crippen LogP contribution in [0.1, 0.15) is 226 Å². The summed E-state index contributed by atoms with van der Waals surface area (Å²) in [5, 5.41) is 23.6. The molecular formula is C47H87NO5. The molecule has 0 radical (unpaired) electrons. The highest BCUT2D eigenvalue weighted by molar-refractivity contribution is 5.77. The largest absolute Gasteiger partial charge is 0.462 e. The van der Waals surface area contributed by atoms with Gasteiger partial charge in [0, 0.05) is 6.42 Å². The molecule has 0 rings (SSSR count). The van der Waals surface area contributed by atoms with Crippen molar-refractivity contribution in [3.8, 4) is 0 Å². The zero-order chi connectivity index (χ0) is 38.9. The molecule has 0 aromatic heterocycles. The van der Waals surface area contributed by atoms with Crippen molar-refractivity contribution in [3.63, 3.8) is 0 Å². The van der Waals surface area contributed by atoms with E-state index in [0.717, 1.165) is 64.2 Å². The molecule has 6 heteroatoms. The lowest BCUT2D eigenvalue weighted by atomic mass is 10.0. The Hall–Kier alpha value is -1.92. The van der Waals surface area contributed by atoms with E-state index in [-0.39, 0.29) is 24.9 Å². The Morgan fingerprint density at radius 3 is 1.53 bits per heavy atom. The molecule has 3 unspecified atom stereocenters. The Balaban J connectivity index is 4.53. The van der Waals surface area contributed by atoms with Gasteiger partial charge in [-0.05, 0) is 44.9 Å². The third-order valence-corrected chi connectivity index (χ3v) is 10.3. The zero-order valence-electron chi connectivity index (χ0n) is 35.1. The highest BCUT2D eigenvalue weighted by atomic mass is 16.5. The summed E-state index contributed by atoms with van der Waals surface area (Å²) in [6.07, 6.45) is 46.3.